The van der Waals surface area contributed by atoms with Crippen molar-refractivity contribution in [2.45, 2.75) is 4.90 Å². The number of amides is 1. The molecule has 0 atom stereocenters. The molecule has 0 bridgehead atoms. The number of benzene rings is 2. The number of nitrogens with two attached hydrogens (primary N) is 1. The SMILES string of the molecule is NC(=O)/C(=C1\CSc2ccccc2N1)c1c(Cl)cccc1Cl. The van der Waals surface area contributed by atoms with Crippen molar-refractivity contribution < 1.29 is 4.79 Å². The highest BCUT2D eigenvalue weighted by atomic mass is 35.5. The first-order valence-corrected chi connectivity index (χ1v) is 8.28. The molecule has 1 amide bonds. The van der Waals surface area contributed by atoms with Crippen molar-refractivity contribution in [3.63, 3.8) is 0 Å². The van der Waals surface area contributed by atoms with Gasteiger partial charge in [0.05, 0.1) is 21.3 Å². The standard InChI is InChI=1S/C16H12Cl2N2OS/c17-9-4-3-5-10(18)14(9)15(16(19)21)12-8-22-13-7-2-1-6-11(13)20-12/h1-7,20H,8H2,(H2,19,21)/b15-12+. The number of hydrogen-bond donors (Lipinski definition) is 2. The number of halogens is 2. The summed E-state index contributed by atoms with van der Waals surface area (Å²) in [5.74, 6) is 0.0362. The Morgan fingerprint density at radius 1 is 1.09 bits per heavy atom. The third-order valence-electron chi connectivity index (χ3n) is 3.31. The van der Waals surface area contributed by atoms with Gasteiger partial charge in [-0.05, 0) is 24.3 Å². The van der Waals surface area contributed by atoms with Gasteiger partial charge in [-0.1, -0.05) is 41.4 Å². The van der Waals surface area contributed by atoms with Crippen LogP contribution in [0.2, 0.25) is 10.0 Å². The Hall–Kier alpha value is -1.62. The van der Waals surface area contributed by atoms with Crippen LogP contribution in [-0.4, -0.2) is 11.7 Å². The van der Waals surface area contributed by atoms with E-state index in [9.17, 15) is 4.79 Å². The molecule has 22 heavy (non-hydrogen) atoms. The summed E-state index contributed by atoms with van der Waals surface area (Å²) in [6.45, 7) is 0. The molecule has 1 heterocycles. The zero-order chi connectivity index (χ0) is 15.7. The number of para-hydroxylation sites is 1. The van der Waals surface area contributed by atoms with Gasteiger partial charge >= 0.3 is 0 Å². The van der Waals surface area contributed by atoms with Crippen molar-refractivity contribution in [3.8, 4) is 0 Å². The van der Waals surface area contributed by atoms with E-state index in [4.69, 9.17) is 28.9 Å². The van der Waals surface area contributed by atoms with Gasteiger partial charge in [0.1, 0.15) is 0 Å². The van der Waals surface area contributed by atoms with Crippen molar-refractivity contribution in [2.24, 2.45) is 5.73 Å². The number of anilines is 1. The quantitative estimate of drug-likeness (QED) is 0.788. The average molecular weight is 351 g/mol. The van der Waals surface area contributed by atoms with Crippen LogP contribution >= 0.6 is 35.0 Å². The Morgan fingerprint density at radius 2 is 1.77 bits per heavy atom. The molecule has 0 fully saturated rings. The molecule has 0 radical (unpaired) electrons. The molecule has 0 aliphatic carbocycles. The molecule has 0 spiro atoms. The van der Waals surface area contributed by atoms with Crippen LogP contribution in [0.1, 0.15) is 5.56 Å². The number of rotatable bonds is 2. The van der Waals surface area contributed by atoms with Crippen LogP contribution < -0.4 is 11.1 Å². The highest BCUT2D eigenvalue weighted by Crippen LogP contribution is 2.39. The predicted molar refractivity (Wildman–Crippen MR) is 93.4 cm³/mol. The van der Waals surface area contributed by atoms with Gasteiger partial charge in [0.25, 0.3) is 5.91 Å². The lowest BCUT2D eigenvalue weighted by Gasteiger charge is -2.23. The van der Waals surface area contributed by atoms with Gasteiger partial charge in [-0.15, -0.1) is 11.8 Å². The lowest BCUT2D eigenvalue weighted by molar-refractivity contribution is -0.112. The van der Waals surface area contributed by atoms with E-state index in [1.807, 2.05) is 24.3 Å². The molecule has 112 valence electrons. The number of primary amides is 1. The lowest BCUT2D eigenvalue weighted by Crippen LogP contribution is -2.21. The van der Waals surface area contributed by atoms with Gasteiger partial charge < -0.3 is 11.1 Å². The van der Waals surface area contributed by atoms with Crippen molar-refractivity contribution in [1.82, 2.24) is 0 Å². The van der Waals surface area contributed by atoms with Gasteiger partial charge in [0, 0.05) is 21.9 Å². The second-order valence-corrected chi connectivity index (χ2v) is 6.56. The fourth-order valence-corrected chi connectivity index (χ4v) is 3.89. The zero-order valence-electron chi connectivity index (χ0n) is 11.4. The van der Waals surface area contributed by atoms with Crippen LogP contribution in [0, 0.1) is 0 Å². The molecule has 0 saturated heterocycles. The van der Waals surface area contributed by atoms with E-state index in [0.29, 0.717) is 32.6 Å². The van der Waals surface area contributed by atoms with Crippen LogP contribution in [0.15, 0.2) is 53.1 Å². The van der Waals surface area contributed by atoms with Gasteiger partial charge in [0.2, 0.25) is 0 Å². The van der Waals surface area contributed by atoms with E-state index in [0.717, 1.165) is 10.6 Å². The monoisotopic (exact) mass is 350 g/mol. The fraction of sp³-hybridized carbons (Fsp3) is 0.0625. The molecule has 1 aliphatic rings. The summed E-state index contributed by atoms with van der Waals surface area (Å²) in [6.07, 6.45) is 0. The summed E-state index contributed by atoms with van der Waals surface area (Å²) in [5, 5.41) is 4.08. The van der Waals surface area contributed by atoms with E-state index in [1.54, 1.807) is 30.0 Å². The van der Waals surface area contributed by atoms with Crippen LogP contribution in [0.5, 0.6) is 0 Å². The van der Waals surface area contributed by atoms with E-state index < -0.39 is 5.91 Å². The number of thioether (sulfide) groups is 1. The second kappa shape index (κ2) is 6.24. The van der Waals surface area contributed by atoms with Gasteiger partial charge in [0.15, 0.2) is 0 Å². The lowest BCUT2D eigenvalue weighted by atomic mass is 10.0. The molecule has 3 nitrogen and oxygen atoms in total. The van der Waals surface area contributed by atoms with Crippen LogP contribution in [0.3, 0.4) is 0 Å². The van der Waals surface area contributed by atoms with Gasteiger partial charge in [-0.25, -0.2) is 0 Å². The molecule has 2 aromatic rings. The van der Waals surface area contributed by atoms with E-state index in [2.05, 4.69) is 5.32 Å². The number of carbonyl (C=O) groups excluding carboxylic acids is 1. The minimum atomic E-state index is -0.558. The number of nitrogens with one attached hydrogen (secondary N) is 1. The molecule has 3 rings (SSSR count). The maximum atomic E-state index is 12.0. The van der Waals surface area contributed by atoms with Gasteiger partial charge in [-0.3, -0.25) is 4.79 Å². The molecular weight excluding hydrogens is 339 g/mol. The van der Waals surface area contributed by atoms with Crippen molar-refractivity contribution >= 4 is 52.1 Å². The Kier molecular flexibility index (Phi) is 4.34. The van der Waals surface area contributed by atoms with Crippen molar-refractivity contribution in [3.05, 3.63) is 63.8 Å². The first kappa shape index (κ1) is 15.3. The summed E-state index contributed by atoms with van der Waals surface area (Å²) in [5.41, 5.74) is 8.05. The fourth-order valence-electron chi connectivity index (χ4n) is 2.34. The smallest absolute Gasteiger partial charge is 0.251 e. The van der Waals surface area contributed by atoms with Crippen LogP contribution in [-0.2, 0) is 4.79 Å². The maximum absolute atomic E-state index is 12.0. The number of fused-ring (bicyclic) bond motifs is 1. The number of carbonyl (C=O) groups is 1. The van der Waals surface area contributed by atoms with E-state index in [1.165, 1.54) is 0 Å². The summed E-state index contributed by atoms with van der Waals surface area (Å²) >= 11 is 14.1. The molecule has 3 N–H and O–H groups in total. The number of hydrogen-bond acceptors (Lipinski definition) is 3. The molecule has 0 unspecified atom stereocenters. The average Bonchev–Trinajstić information content (AvgIpc) is 2.50. The summed E-state index contributed by atoms with van der Waals surface area (Å²) < 4.78 is 0. The highest BCUT2D eigenvalue weighted by Gasteiger charge is 2.23. The normalized spacial score (nSPS) is 15.7. The Morgan fingerprint density at radius 3 is 2.45 bits per heavy atom. The first-order chi connectivity index (χ1) is 10.6. The molecule has 1 aliphatic heterocycles. The zero-order valence-corrected chi connectivity index (χ0v) is 13.7. The third-order valence-corrected chi connectivity index (χ3v) is 5.04. The highest BCUT2D eigenvalue weighted by molar-refractivity contribution is 7.99. The summed E-state index contributed by atoms with van der Waals surface area (Å²) in [6, 6.07) is 13.0. The molecule has 6 heteroatoms. The Balaban J connectivity index is 2.15. The second-order valence-electron chi connectivity index (χ2n) is 4.72. The Labute approximate surface area is 142 Å². The van der Waals surface area contributed by atoms with E-state index >= 15 is 0 Å². The van der Waals surface area contributed by atoms with Crippen molar-refractivity contribution in [1.29, 1.82) is 0 Å². The minimum absolute atomic E-state index is 0.331. The molecule has 0 aromatic heterocycles. The van der Waals surface area contributed by atoms with Crippen LogP contribution in [0.4, 0.5) is 5.69 Å². The van der Waals surface area contributed by atoms with Crippen LogP contribution in [0.25, 0.3) is 5.57 Å². The first-order valence-electron chi connectivity index (χ1n) is 6.54. The minimum Gasteiger partial charge on any atom is -0.366 e. The van der Waals surface area contributed by atoms with Gasteiger partial charge in [-0.2, -0.15) is 0 Å². The Bertz CT molecular complexity index is 769. The maximum Gasteiger partial charge on any atom is 0.251 e. The third kappa shape index (κ3) is 2.82. The predicted octanol–water partition coefficient (Wildman–Crippen LogP) is 4.41. The van der Waals surface area contributed by atoms with E-state index in [-0.39, 0.29) is 0 Å². The summed E-state index contributed by atoms with van der Waals surface area (Å²) in [7, 11) is 0. The topological polar surface area (TPSA) is 55.1 Å². The summed E-state index contributed by atoms with van der Waals surface area (Å²) in [4.78, 5) is 13.1. The molecular formula is C16H12Cl2N2OS. The molecule has 2 aromatic carbocycles. The largest absolute Gasteiger partial charge is 0.366 e. The van der Waals surface area contributed by atoms with Crippen molar-refractivity contribution in [2.75, 3.05) is 11.1 Å². The molecule has 0 saturated carbocycles.